The van der Waals surface area contributed by atoms with Crippen LogP contribution in [0.15, 0.2) is 58.9 Å². The molecular weight excluding hydrogens is 344 g/mol. The average molecular weight is 375 g/mol. The fourth-order valence-electron chi connectivity index (χ4n) is 5.44. The Morgan fingerprint density at radius 1 is 1.04 bits per heavy atom. The van der Waals surface area contributed by atoms with Gasteiger partial charge in [0.1, 0.15) is 5.82 Å². The zero-order valence-corrected chi connectivity index (χ0v) is 16.8. The first-order valence-electron chi connectivity index (χ1n) is 10.7. The van der Waals surface area contributed by atoms with Crippen molar-refractivity contribution in [2.75, 3.05) is 31.1 Å². The lowest BCUT2D eigenvalue weighted by Crippen LogP contribution is -2.51. The molecule has 1 N–H and O–H groups in total. The third-order valence-corrected chi connectivity index (χ3v) is 6.80. The van der Waals surface area contributed by atoms with E-state index in [2.05, 4.69) is 76.2 Å². The van der Waals surface area contributed by atoms with Crippen molar-refractivity contribution < 1.29 is 0 Å². The fourth-order valence-corrected chi connectivity index (χ4v) is 5.44. The molecule has 3 aliphatic rings. The fraction of sp³-hybridized carbons (Fsp3) is 0.458. The zero-order chi connectivity index (χ0) is 19.1. The third kappa shape index (κ3) is 3.10. The van der Waals surface area contributed by atoms with Crippen LogP contribution < -0.4 is 10.2 Å². The lowest BCUT2D eigenvalue weighted by molar-refractivity contribution is 0.236. The Morgan fingerprint density at radius 3 is 2.54 bits per heavy atom. The first-order chi connectivity index (χ1) is 13.7. The van der Waals surface area contributed by atoms with E-state index in [1.807, 2.05) is 0 Å². The number of nitrogens with one attached hydrogen (secondary N) is 1. The summed E-state index contributed by atoms with van der Waals surface area (Å²) in [5, 5.41) is 6.39. The van der Waals surface area contributed by atoms with Gasteiger partial charge in [-0.1, -0.05) is 43.3 Å². The Kier molecular flexibility index (Phi) is 4.59. The molecule has 28 heavy (non-hydrogen) atoms. The Balaban J connectivity index is 1.40. The van der Waals surface area contributed by atoms with Gasteiger partial charge in [-0.15, -0.1) is 0 Å². The van der Waals surface area contributed by atoms with Crippen LogP contribution >= 0.6 is 0 Å². The second-order valence-electron chi connectivity index (χ2n) is 8.65. The first kappa shape index (κ1) is 17.7. The summed E-state index contributed by atoms with van der Waals surface area (Å²) in [6.45, 7) is 10.6. The van der Waals surface area contributed by atoms with E-state index in [0.29, 0.717) is 18.0 Å². The van der Waals surface area contributed by atoms with Crippen molar-refractivity contribution in [1.29, 1.82) is 0 Å². The Bertz CT molecular complexity index is 900. The second kappa shape index (κ2) is 7.25. The molecule has 2 aromatic rings. The number of anilines is 1. The Hall–Kier alpha value is -2.33. The predicted octanol–water partition coefficient (Wildman–Crippen LogP) is 4.03. The van der Waals surface area contributed by atoms with E-state index >= 15 is 0 Å². The summed E-state index contributed by atoms with van der Waals surface area (Å²) in [6.07, 6.45) is 3.66. The molecule has 3 saturated heterocycles. The summed E-state index contributed by atoms with van der Waals surface area (Å²) < 4.78 is 0. The van der Waals surface area contributed by atoms with Crippen LogP contribution in [0.3, 0.4) is 0 Å². The lowest BCUT2D eigenvalue weighted by atomic mass is 9.91. The maximum Gasteiger partial charge on any atom is 0.127 e. The van der Waals surface area contributed by atoms with Gasteiger partial charge >= 0.3 is 0 Å². The monoisotopic (exact) mass is 374 g/mol. The Morgan fingerprint density at radius 2 is 1.79 bits per heavy atom. The molecule has 3 heterocycles. The maximum atomic E-state index is 4.54. The molecule has 146 valence electrons. The summed E-state index contributed by atoms with van der Waals surface area (Å²) in [5.41, 5.74) is 2.85. The lowest BCUT2D eigenvalue weighted by Gasteiger charge is -2.40. The molecular formula is C24H30N4. The van der Waals surface area contributed by atoms with Crippen molar-refractivity contribution in [1.82, 2.24) is 10.2 Å². The van der Waals surface area contributed by atoms with Gasteiger partial charge in [-0.3, -0.25) is 0 Å². The van der Waals surface area contributed by atoms with Crippen molar-refractivity contribution in [2.45, 2.75) is 38.3 Å². The molecule has 2 aromatic carbocycles. The summed E-state index contributed by atoms with van der Waals surface area (Å²) >= 11 is 0. The van der Waals surface area contributed by atoms with Gasteiger partial charge in [0.05, 0.1) is 0 Å². The molecule has 0 amide bonds. The molecule has 3 aliphatic heterocycles. The van der Waals surface area contributed by atoms with Crippen molar-refractivity contribution in [3.8, 4) is 0 Å². The number of hydrogen-bond acceptors (Lipinski definition) is 4. The third-order valence-electron chi connectivity index (χ3n) is 6.80. The van der Waals surface area contributed by atoms with Gasteiger partial charge in [0.2, 0.25) is 0 Å². The quantitative estimate of drug-likeness (QED) is 0.823. The van der Waals surface area contributed by atoms with Gasteiger partial charge in [0, 0.05) is 49.3 Å². The molecule has 0 aliphatic carbocycles. The molecule has 3 atom stereocenters. The number of piperidine rings is 1. The maximum absolute atomic E-state index is 4.54. The molecule has 0 saturated carbocycles. The van der Waals surface area contributed by atoms with Gasteiger partial charge in [0.25, 0.3) is 0 Å². The van der Waals surface area contributed by atoms with Gasteiger partial charge in [-0.2, -0.15) is 0 Å². The summed E-state index contributed by atoms with van der Waals surface area (Å²) in [4.78, 5) is 9.60. The largest absolute Gasteiger partial charge is 0.370 e. The summed E-state index contributed by atoms with van der Waals surface area (Å²) in [7, 11) is 0. The van der Waals surface area contributed by atoms with Crippen molar-refractivity contribution in [3.05, 3.63) is 53.9 Å². The predicted molar refractivity (Wildman–Crippen MR) is 118 cm³/mol. The highest BCUT2D eigenvalue weighted by molar-refractivity contribution is 5.94. The number of nitrogens with zero attached hydrogens (tertiary/aromatic N) is 3. The topological polar surface area (TPSA) is 30.9 Å². The SMILES string of the molecule is C=N/C(=C1/CCN(c2cccc3ccccc23)CC1C)N1CC2CCC(C1)N2. The van der Waals surface area contributed by atoms with Gasteiger partial charge in [-0.25, -0.2) is 4.99 Å². The average Bonchev–Trinajstić information content (AvgIpc) is 3.07. The summed E-state index contributed by atoms with van der Waals surface area (Å²) in [6, 6.07) is 16.6. The van der Waals surface area contributed by atoms with E-state index in [9.17, 15) is 0 Å². The van der Waals surface area contributed by atoms with Gasteiger partial charge in [0.15, 0.2) is 0 Å². The minimum absolute atomic E-state index is 0.487. The van der Waals surface area contributed by atoms with Crippen LogP contribution in [0.4, 0.5) is 5.69 Å². The molecule has 0 spiro atoms. The van der Waals surface area contributed by atoms with Crippen molar-refractivity contribution >= 4 is 23.2 Å². The molecule has 3 fully saturated rings. The molecule has 4 nitrogen and oxygen atoms in total. The standard InChI is InChI=1S/C24H30N4/c1-17-14-27(23-9-5-7-18-6-3-4-8-22(18)23)13-12-21(17)24(25-2)28-15-19-10-11-20(16-28)26-19/h3-9,17,19-20,26H,2,10-16H2,1H3/b24-21+. The number of hydrogen-bond donors (Lipinski definition) is 1. The number of rotatable bonds is 3. The normalized spacial score (nSPS) is 29.2. The minimum Gasteiger partial charge on any atom is -0.370 e. The zero-order valence-electron chi connectivity index (χ0n) is 16.8. The highest BCUT2D eigenvalue weighted by Gasteiger charge is 2.35. The number of benzene rings is 2. The van der Waals surface area contributed by atoms with E-state index in [1.54, 1.807) is 0 Å². The first-order valence-corrected chi connectivity index (χ1v) is 10.7. The van der Waals surface area contributed by atoms with E-state index in [1.165, 1.54) is 40.7 Å². The van der Waals surface area contributed by atoms with Crippen LogP contribution in [0.1, 0.15) is 26.2 Å². The minimum atomic E-state index is 0.487. The van der Waals surface area contributed by atoms with E-state index in [0.717, 1.165) is 32.6 Å². The molecule has 3 unspecified atom stereocenters. The number of fused-ring (bicyclic) bond motifs is 3. The van der Waals surface area contributed by atoms with E-state index in [4.69, 9.17) is 0 Å². The van der Waals surface area contributed by atoms with Crippen LogP contribution in [-0.2, 0) is 0 Å². The molecule has 5 rings (SSSR count). The number of aliphatic imine (C=N–C) groups is 1. The molecule has 0 radical (unpaired) electrons. The molecule has 2 bridgehead atoms. The highest BCUT2D eigenvalue weighted by Crippen LogP contribution is 2.35. The van der Waals surface area contributed by atoms with E-state index < -0.39 is 0 Å². The van der Waals surface area contributed by atoms with Crippen LogP contribution in [0.5, 0.6) is 0 Å². The van der Waals surface area contributed by atoms with Crippen LogP contribution in [0.2, 0.25) is 0 Å². The Labute approximate surface area is 167 Å². The number of piperazine rings is 1. The van der Waals surface area contributed by atoms with Crippen LogP contribution in [0, 0.1) is 5.92 Å². The van der Waals surface area contributed by atoms with Gasteiger partial charge in [-0.05, 0) is 48.9 Å². The van der Waals surface area contributed by atoms with Crippen molar-refractivity contribution in [2.24, 2.45) is 10.9 Å². The highest BCUT2D eigenvalue weighted by atomic mass is 15.3. The second-order valence-corrected chi connectivity index (χ2v) is 8.65. The number of likely N-dealkylation sites (tertiary alicyclic amines) is 1. The molecule has 0 aromatic heterocycles. The van der Waals surface area contributed by atoms with E-state index in [-0.39, 0.29) is 0 Å². The summed E-state index contributed by atoms with van der Waals surface area (Å²) in [5.74, 6) is 1.66. The van der Waals surface area contributed by atoms with Crippen molar-refractivity contribution in [3.63, 3.8) is 0 Å². The van der Waals surface area contributed by atoms with Gasteiger partial charge < -0.3 is 15.1 Å². The molecule has 4 heteroatoms. The van der Waals surface area contributed by atoms with Crippen LogP contribution in [-0.4, -0.2) is 49.9 Å². The van der Waals surface area contributed by atoms with Crippen LogP contribution in [0.25, 0.3) is 10.8 Å². The smallest absolute Gasteiger partial charge is 0.127 e.